The van der Waals surface area contributed by atoms with Crippen molar-refractivity contribution < 1.29 is 19.4 Å². The van der Waals surface area contributed by atoms with Crippen LogP contribution in [0.5, 0.6) is 0 Å². The van der Waals surface area contributed by atoms with Gasteiger partial charge in [0.15, 0.2) is 0 Å². The number of nitrogens with zero attached hydrogens (tertiary/aromatic N) is 2. The fourth-order valence-electron chi connectivity index (χ4n) is 4.50. The van der Waals surface area contributed by atoms with Gasteiger partial charge in [0.1, 0.15) is 5.82 Å². The summed E-state index contributed by atoms with van der Waals surface area (Å²) in [6, 6.07) is 13.1. The van der Waals surface area contributed by atoms with E-state index in [4.69, 9.17) is 0 Å². The molecule has 0 spiro atoms. The Morgan fingerprint density at radius 1 is 1.13 bits per heavy atom. The van der Waals surface area contributed by atoms with Crippen molar-refractivity contribution >= 4 is 27.5 Å². The predicted octanol–water partition coefficient (Wildman–Crippen LogP) is 3.56. The minimum Gasteiger partial charge on any atom is -0.392 e. The molecule has 0 aliphatic heterocycles. The maximum atomic E-state index is 13.3. The first kappa shape index (κ1) is 27.7. The summed E-state index contributed by atoms with van der Waals surface area (Å²) in [6.07, 6.45) is 0.987. The number of thiophene rings is 1. The van der Waals surface area contributed by atoms with Gasteiger partial charge in [0.2, 0.25) is 11.3 Å². The molecular formula is C29H32FN3O4S. The van der Waals surface area contributed by atoms with Crippen LogP contribution in [0.3, 0.4) is 0 Å². The number of aryl methyl sites for hydroxylation is 2. The molecule has 0 fully saturated rings. The van der Waals surface area contributed by atoms with Crippen molar-refractivity contribution in [2.45, 2.75) is 39.1 Å². The van der Waals surface area contributed by atoms with Crippen molar-refractivity contribution in [2.75, 3.05) is 13.6 Å². The van der Waals surface area contributed by atoms with Crippen molar-refractivity contribution in [1.29, 1.82) is 0 Å². The number of carbonyl (C=O) groups is 1. The molecule has 0 saturated heterocycles. The first-order valence-corrected chi connectivity index (χ1v) is 13.2. The van der Waals surface area contributed by atoms with Gasteiger partial charge in [-0.05, 0) is 48.4 Å². The third kappa shape index (κ3) is 6.36. The van der Waals surface area contributed by atoms with Crippen LogP contribution in [0.1, 0.15) is 38.8 Å². The number of rotatable bonds is 10. The number of aromatic nitrogens is 1. The fourth-order valence-corrected chi connectivity index (χ4v) is 5.90. The van der Waals surface area contributed by atoms with Gasteiger partial charge in [-0.3, -0.25) is 14.5 Å². The second-order valence-electron chi connectivity index (χ2n) is 9.61. The number of carbonyl (C=O) groups excluding carboxylic acids is 1. The van der Waals surface area contributed by atoms with E-state index in [-0.39, 0.29) is 36.7 Å². The van der Waals surface area contributed by atoms with Gasteiger partial charge in [0, 0.05) is 43.3 Å². The Balaban J connectivity index is 1.45. The standard InChI is InChI=1S/C29H32FN3O4S/c1-18-25(16-32(2)15-24(35)21-8-4-20(17-34)5-9-21)38-29-27(18)33(3)14-22(28(29)37)12-26(36)31-13-19-6-10-23(30)11-7-19/h4-11,14,24,34-35H,12-13,15-17H2,1-3H3,(H,31,36). The van der Waals surface area contributed by atoms with Gasteiger partial charge in [0.25, 0.3) is 0 Å². The van der Waals surface area contributed by atoms with Crippen molar-refractivity contribution in [3.8, 4) is 0 Å². The van der Waals surface area contributed by atoms with Crippen LogP contribution in [0.4, 0.5) is 4.39 Å². The first-order chi connectivity index (χ1) is 18.2. The molecule has 4 aromatic rings. The lowest BCUT2D eigenvalue weighted by Gasteiger charge is -2.20. The lowest BCUT2D eigenvalue weighted by Crippen LogP contribution is -2.27. The van der Waals surface area contributed by atoms with E-state index in [0.717, 1.165) is 32.6 Å². The molecule has 0 aliphatic rings. The average Bonchev–Trinajstić information content (AvgIpc) is 3.23. The maximum absolute atomic E-state index is 13.3. The zero-order valence-corrected chi connectivity index (χ0v) is 22.5. The molecule has 2 heterocycles. The zero-order chi connectivity index (χ0) is 27.4. The Morgan fingerprint density at radius 2 is 1.79 bits per heavy atom. The van der Waals surface area contributed by atoms with Gasteiger partial charge in [-0.1, -0.05) is 36.4 Å². The number of halogens is 1. The van der Waals surface area contributed by atoms with E-state index in [1.165, 1.54) is 23.5 Å². The molecule has 38 heavy (non-hydrogen) atoms. The zero-order valence-electron chi connectivity index (χ0n) is 21.7. The summed E-state index contributed by atoms with van der Waals surface area (Å²) >= 11 is 1.42. The number of amides is 1. The Morgan fingerprint density at radius 3 is 2.45 bits per heavy atom. The molecule has 1 unspecified atom stereocenters. The highest BCUT2D eigenvalue weighted by atomic mass is 32.1. The second-order valence-corrected chi connectivity index (χ2v) is 10.7. The minimum atomic E-state index is -0.686. The lowest BCUT2D eigenvalue weighted by atomic mass is 10.1. The van der Waals surface area contributed by atoms with Crippen LogP contribution < -0.4 is 10.7 Å². The van der Waals surface area contributed by atoms with E-state index in [9.17, 15) is 24.2 Å². The molecule has 200 valence electrons. The third-order valence-corrected chi connectivity index (χ3v) is 7.88. The van der Waals surface area contributed by atoms with E-state index in [1.54, 1.807) is 30.5 Å². The molecule has 1 amide bonds. The third-order valence-electron chi connectivity index (χ3n) is 6.61. The minimum absolute atomic E-state index is 0.0387. The molecule has 2 aromatic heterocycles. The van der Waals surface area contributed by atoms with Crippen LogP contribution in [-0.2, 0) is 38.0 Å². The van der Waals surface area contributed by atoms with E-state index in [0.29, 0.717) is 23.4 Å². The number of likely N-dealkylation sites (N-methyl/N-ethyl adjacent to an activating group) is 1. The largest absolute Gasteiger partial charge is 0.392 e. The topological polar surface area (TPSA) is 94.8 Å². The summed E-state index contributed by atoms with van der Waals surface area (Å²) < 4.78 is 15.6. The second kappa shape index (κ2) is 12.0. The quantitative estimate of drug-likeness (QED) is 0.288. The number of aliphatic hydroxyl groups is 2. The lowest BCUT2D eigenvalue weighted by molar-refractivity contribution is -0.120. The predicted molar refractivity (Wildman–Crippen MR) is 147 cm³/mol. The summed E-state index contributed by atoms with van der Waals surface area (Å²) in [5.74, 6) is -0.613. The molecule has 4 rings (SSSR count). The molecule has 1 atom stereocenters. The molecule has 7 nitrogen and oxygen atoms in total. The number of hydrogen-bond acceptors (Lipinski definition) is 6. The van der Waals surface area contributed by atoms with Crippen molar-refractivity contribution in [3.05, 3.63) is 103 Å². The van der Waals surface area contributed by atoms with Crippen LogP contribution in [-0.4, -0.2) is 39.2 Å². The Hall–Kier alpha value is -3.37. The molecule has 0 radical (unpaired) electrons. The first-order valence-electron chi connectivity index (χ1n) is 12.3. The molecule has 3 N–H and O–H groups in total. The van der Waals surface area contributed by atoms with Crippen LogP contribution in [0.25, 0.3) is 10.2 Å². The normalized spacial score (nSPS) is 12.3. The van der Waals surface area contributed by atoms with Crippen LogP contribution >= 0.6 is 11.3 Å². The smallest absolute Gasteiger partial charge is 0.224 e. The molecular weight excluding hydrogens is 505 g/mol. The number of hydrogen-bond donors (Lipinski definition) is 3. The molecule has 9 heteroatoms. The SMILES string of the molecule is Cc1c(CN(C)CC(O)c2ccc(CO)cc2)sc2c(=O)c(CC(=O)NCc3ccc(F)cc3)cn(C)c12. The summed E-state index contributed by atoms with van der Waals surface area (Å²) in [5, 5.41) is 22.7. The fraction of sp³-hybridized carbons (Fsp3) is 0.310. The molecule has 0 saturated carbocycles. The van der Waals surface area contributed by atoms with Crippen molar-refractivity contribution in [3.63, 3.8) is 0 Å². The van der Waals surface area contributed by atoms with E-state index >= 15 is 0 Å². The number of fused-ring (bicyclic) bond motifs is 1. The monoisotopic (exact) mass is 537 g/mol. The maximum Gasteiger partial charge on any atom is 0.224 e. The van der Waals surface area contributed by atoms with Gasteiger partial charge in [-0.25, -0.2) is 4.39 Å². The molecule has 0 aliphatic carbocycles. The highest BCUT2D eigenvalue weighted by Gasteiger charge is 2.19. The van der Waals surface area contributed by atoms with Gasteiger partial charge in [-0.15, -0.1) is 11.3 Å². The van der Waals surface area contributed by atoms with Gasteiger partial charge >= 0.3 is 0 Å². The Labute approximate surface area is 224 Å². The van der Waals surface area contributed by atoms with Gasteiger partial charge in [-0.2, -0.15) is 0 Å². The van der Waals surface area contributed by atoms with Crippen molar-refractivity contribution in [2.24, 2.45) is 7.05 Å². The molecule has 0 bridgehead atoms. The number of nitrogens with one attached hydrogen (secondary N) is 1. The highest BCUT2D eigenvalue weighted by molar-refractivity contribution is 7.19. The summed E-state index contributed by atoms with van der Waals surface area (Å²) in [7, 11) is 3.79. The summed E-state index contributed by atoms with van der Waals surface area (Å²) in [6.45, 7) is 3.17. The Kier molecular flexibility index (Phi) is 8.73. The van der Waals surface area contributed by atoms with E-state index in [2.05, 4.69) is 5.32 Å². The van der Waals surface area contributed by atoms with Crippen molar-refractivity contribution in [1.82, 2.24) is 14.8 Å². The highest BCUT2D eigenvalue weighted by Crippen LogP contribution is 2.30. The van der Waals surface area contributed by atoms with Crippen LogP contribution in [0.15, 0.2) is 59.5 Å². The number of aliphatic hydroxyl groups excluding tert-OH is 2. The Bertz CT molecular complexity index is 1480. The van der Waals surface area contributed by atoms with E-state index < -0.39 is 6.10 Å². The number of pyridine rings is 1. The average molecular weight is 538 g/mol. The number of benzene rings is 2. The summed E-state index contributed by atoms with van der Waals surface area (Å²) in [5.41, 5.74) is 4.46. The van der Waals surface area contributed by atoms with Gasteiger partial charge in [0.05, 0.1) is 29.3 Å². The summed E-state index contributed by atoms with van der Waals surface area (Å²) in [4.78, 5) is 28.9. The molecule has 2 aromatic carbocycles. The van der Waals surface area contributed by atoms with Crippen LogP contribution in [0, 0.1) is 12.7 Å². The van der Waals surface area contributed by atoms with Crippen LogP contribution in [0.2, 0.25) is 0 Å². The van der Waals surface area contributed by atoms with E-state index in [1.807, 2.05) is 42.6 Å². The van der Waals surface area contributed by atoms with Gasteiger partial charge < -0.3 is 20.1 Å².